The zero-order valence-corrected chi connectivity index (χ0v) is 49.2. The van der Waals surface area contributed by atoms with E-state index >= 15 is 0 Å². The quantitative estimate of drug-likeness (QED) is 0.0769. The summed E-state index contributed by atoms with van der Waals surface area (Å²) in [5, 5.41) is 3.61. The highest BCUT2D eigenvalue weighted by atomic mass is 35.5. The molecule has 80 heavy (non-hydrogen) atoms. The van der Waals surface area contributed by atoms with Crippen LogP contribution in [0.25, 0.3) is 0 Å². The van der Waals surface area contributed by atoms with Gasteiger partial charge >= 0.3 is 18.3 Å². The van der Waals surface area contributed by atoms with E-state index in [9.17, 15) is 19.2 Å². The van der Waals surface area contributed by atoms with Crippen LogP contribution in [-0.4, -0.2) is 197 Å². The highest BCUT2D eigenvalue weighted by Gasteiger charge is 2.26. The number of nitrogens with one attached hydrogen (secondary N) is 1. The molecule has 4 saturated heterocycles. The molecule has 22 heteroatoms. The van der Waals surface area contributed by atoms with Gasteiger partial charge in [0, 0.05) is 135 Å². The fourth-order valence-electron chi connectivity index (χ4n) is 10.3. The normalized spacial score (nSPS) is 18.1. The number of carbonyl (C=O) groups is 4. The average molecular weight is 1130 g/mol. The molecule has 6 aliphatic rings. The number of ether oxygens (including phenoxy) is 3. The Morgan fingerprint density at radius 1 is 0.512 bits per heavy atom. The van der Waals surface area contributed by atoms with Gasteiger partial charge in [-0.1, -0.05) is 130 Å². The molecule has 0 bridgehead atoms. The fourth-order valence-corrected chi connectivity index (χ4v) is 10.3. The summed E-state index contributed by atoms with van der Waals surface area (Å²) < 4.78 is 16.1. The lowest BCUT2D eigenvalue weighted by molar-refractivity contribution is -0.111. The summed E-state index contributed by atoms with van der Waals surface area (Å²) in [4.78, 5) is 56.6. The van der Waals surface area contributed by atoms with Crippen molar-refractivity contribution in [3.05, 3.63) is 108 Å². The second-order valence-corrected chi connectivity index (χ2v) is 22.2. The van der Waals surface area contributed by atoms with Crippen LogP contribution in [0.3, 0.4) is 0 Å². The number of rotatable bonds is 13. The third kappa shape index (κ3) is 29.9. The Labute approximate surface area is 497 Å². The topological polar surface area (TPSA) is 124 Å². The Hall–Kier alpha value is -3.95. The van der Waals surface area contributed by atoms with E-state index in [-0.39, 0.29) is 30.0 Å². The number of piperazine rings is 2. The van der Waals surface area contributed by atoms with Crippen LogP contribution in [-0.2, 0) is 38.8 Å². The van der Waals surface area contributed by atoms with E-state index in [0.717, 1.165) is 139 Å². The van der Waals surface area contributed by atoms with Crippen molar-refractivity contribution in [1.29, 1.82) is 0 Å². The molecule has 9 rings (SSSR count). The van der Waals surface area contributed by atoms with E-state index in [1.807, 2.05) is 101 Å². The van der Waals surface area contributed by atoms with Crippen molar-refractivity contribution in [2.75, 3.05) is 97.0 Å². The Kier molecular flexibility index (Phi) is 36.7. The molecule has 13 nitrogen and oxygen atoms in total. The van der Waals surface area contributed by atoms with Gasteiger partial charge in [-0.05, 0) is 99.4 Å². The maximum Gasteiger partial charge on any atom is 0.410 e. The number of halogens is 2. The van der Waals surface area contributed by atoms with Gasteiger partial charge < -0.3 is 39.0 Å². The highest BCUT2D eigenvalue weighted by molar-refractivity contribution is 7.81. The lowest BCUT2D eigenvalue weighted by atomic mass is 8.76. The minimum absolute atomic E-state index is 0.175. The van der Waals surface area contributed by atoms with Crippen LogP contribution < -0.4 is 5.32 Å². The minimum Gasteiger partial charge on any atom is -0.445 e. The van der Waals surface area contributed by atoms with E-state index in [1.54, 1.807) is 4.90 Å². The summed E-state index contributed by atoms with van der Waals surface area (Å²) in [6.07, 6.45) is 18.8. The number of hydrogen-bond donors (Lipinski definition) is 1. The van der Waals surface area contributed by atoms with Gasteiger partial charge in [-0.2, -0.15) is 0 Å². The van der Waals surface area contributed by atoms with Crippen molar-refractivity contribution < 1.29 is 33.4 Å². The highest BCUT2D eigenvalue weighted by Crippen LogP contribution is 2.25. The van der Waals surface area contributed by atoms with Crippen LogP contribution in [0.1, 0.15) is 113 Å². The largest absolute Gasteiger partial charge is 0.445 e. The molecule has 4 aliphatic heterocycles. The first kappa shape index (κ1) is 68.6. The molecule has 3 aromatic carbocycles. The molecule has 0 unspecified atom stereocenters. The van der Waals surface area contributed by atoms with Crippen molar-refractivity contribution in [2.24, 2.45) is 17.8 Å². The Morgan fingerprint density at radius 2 is 0.850 bits per heavy atom. The van der Waals surface area contributed by atoms with Crippen molar-refractivity contribution >= 4 is 98.5 Å². The second kappa shape index (κ2) is 42.8. The Morgan fingerprint density at radius 3 is 1.18 bits per heavy atom. The van der Waals surface area contributed by atoms with Gasteiger partial charge in [0.25, 0.3) is 0 Å². The number of piperidine rings is 2. The van der Waals surface area contributed by atoms with E-state index < -0.39 is 6.39 Å². The maximum absolute atomic E-state index is 12.2. The van der Waals surface area contributed by atoms with Gasteiger partial charge in [0.15, 0.2) is 0 Å². The first-order chi connectivity index (χ1) is 39.0. The smallest absolute Gasteiger partial charge is 0.410 e. The Bertz CT molecular complexity index is 1960. The number of hydrogen-bond acceptors (Lipinski definition) is 10. The summed E-state index contributed by atoms with van der Waals surface area (Å²) in [5.41, 5.74) is 3.11. The number of amides is 3. The Balaban J connectivity index is 0.000000226. The molecule has 425 valence electrons. The molecule has 1 N–H and O–H groups in total. The number of likely N-dealkylation sites (tertiary alicyclic amines) is 1. The fraction of sp³-hybridized carbons (Fsp3) is 0.621. The minimum atomic E-state index is -0.537. The van der Waals surface area contributed by atoms with Gasteiger partial charge in [0.05, 0.1) is 5.34 Å². The molecule has 3 aromatic rings. The lowest BCUT2D eigenvalue weighted by Gasteiger charge is -2.36. The molecule has 0 spiro atoms. The summed E-state index contributed by atoms with van der Waals surface area (Å²) in [5.74, 6) is 2.09. The van der Waals surface area contributed by atoms with E-state index in [2.05, 4.69) is 15.1 Å². The predicted octanol–water partition coefficient (Wildman–Crippen LogP) is 8.79. The first-order valence-corrected chi connectivity index (χ1v) is 30.5. The lowest BCUT2D eigenvalue weighted by Crippen LogP contribution is -2.50. The number of carbonyl (C=O) groups excluding carboxylic acids is 4. The van der Waals surface area contributed by atoms with Crippen molar-refractivity contribution in [3.63, 3.8) is 0 Å². The van der Waals surface area contributed by atoms with Crippen LogP contribution in [0.5, 0.6) is 0 Å². The molecule has 0 aromatic heterocycles. The van der Waals surface area contributed by atoms with Crippen molar-refractivity contribution in [3.8, 4) is 0 Å². The number of nitrogens with zero attached hydrogens (tertiary/aromatic N) is 5. The van der Waals surface area contributed by atoms with Gasteiger partial charge in [-0.3, -0.25) is 9.80 Å². The second-order valence-electron chi connectivity index (χ2n) is 21.4. The van der Waals surface area contributed by atoms with Gasteiger partial charge in [0.2, 0.25) is 0 Å². The van der Waals surface area contributed by atoms with E-state index in [4.69, 9.17) is 68.4 Å². The summed E-state index contributed by atoms with van der Waals surface area (Å²) in [6.45, 7) is 14.5. The van der Waals surface area contributed by atoms with Gasteiger partial charge in [-0.15, -0.1) is 23.2 Å². The zero-order chi connectivity index (χ0) is 57.4. The third-order valence-corrected chi connectivity index (χ3v) is 15.2. The van der Waals surface area contributed by atoms with E-state index in [1.165, 1.54) is 90.8 Å². The van der Waals surface area contributed by atoms with Crippen molar-refractivity contribution in [1.82, 2.24) is 29.8 Å². The summed E-state index contributed by atoms with van der Waals surface area (Å²) in [7, 11) is 21.6. The van der Waals surface area contributed by atoms with Crippen LogP contribution in [0.15, 0.2) is 91.0 Å². The van der Waals surface area contributed by atoms with Crippen LogP contribution in [0, 0.1) is 17.8 Å². The van der Waals surface area contributed by atoms with Crippen LogP contribution in [0.4, 0.5) is 14.4 Å². The first-order valence-electron chi connectivity index (χ1n) is 29.4. The average Bonchev–Trinajstić information content (AvgIpc) is 3.52. The third-order valence-electron chi connectivity index (χ3n) is 15.2. The van der Waals surface area contributed by atoms with Crippen LogP contribution >= 0.6 is 23.2 Å². The molecule has 0 atom stereocenters. The van der Waals surface area contributed by atoms with Crippen LogP contribution in [0.2, 0.25) is 0 Å². The SMILES string of the molecule is ClCCl.O=C(OCc1ccccc1)N1CCCCC1.O=C(OCc1ccccc1)N1CCN(CC2CCCCC2)CC1.O=C(OCc1ccccc1)N1CCN(CC2CCNCC2)CC1.O=CC1CCCCC1.[B][B]B([B])B([B])[B]. The molecule has 4 heterocycles. The van der Waals surface area contributed by atoms with Gasteiger partial charge in [-0.25, -0.2) is 14.4 Å². The number of alkyl halides is 2. The predicted molar refractivity (Wildman–Crippen MR) is 333 cm³/mol. The standard InChI is InChI=1S/C19H28N2O2.C18H27N3O2.C13H17NO2.C7H12O.CH2Cl2.B7/c22-19(23-16-18-9-5-2-6-10-18)21-13-11-20(12-14-21)15-17-7-3-1-4-8-17;22-18(23-15-17-4-2-1-3-5-17)21-12-10-20(11-13-21)14-16-6-8-19-9-7-16;15-13(14-9-5-2-6-10-14)16-11-12-7-3-1-4-8-12;8-6-7-4-2-1-3-5-7;2-1-3;1-5-7(4)6(2)3/h2,5-6,9-10,17H,1,3-4,7-8,11-16H2;1-5,16,19H,6-15H2;1,3-4,7-8H,2,5-6,9-11H2;6-7H,1-5H2;1H2;. The number of benzene rings is 3. The molecular weight excluding hydrogens is 1040 g/mol. The van der Waals surface area contributed by atoms with E-state index in [0.29, 0.717) is 25.7 Å². The monoisotopic (exact) mass is 1130 g/mol. The zero-order valence-electron chi connectivity index (χ0n) is 47.7. The maximum atomic E-state index is 12.2. The molecule has 3 amide bonds. The molecular formula is C58H86B7Cl2N6O7. The molecule has 9 radical (unpaired) electrons. The molecule has 2 saturated carbocycles. The summed E-state index contributed by atoms with van der Waals surface area (Å²) in [6, 6.07) is 29.5. The molecule has 6 fully saturated rings. The van der Waals surface area contributed by atoms with Crippen molar-refractivity contribution in [2.45, 2.75) is 116 Å². The molecule has 2 aliphatic carbocycles. The number of aldehydes is 1. The van der Waals surface area contributed by atoms with Gasteiger partial charge in [0.1, 0.15) is 26.1 Å². The summed E-state index contributed by atoms with van der Waals surface area (Å²) >= 11 is 9.53.